The number of rotatable bonds is 8. The second-order valence-corrected chi connectivity index (χ2v) is 7.84. The molecule has 1 aliphatic rings. The van der Waals surface area contributed by atoms with E-state index < -0.39 is 0 Å². The number of nitrogens with one attached hydrogen (secondary N) is 1. The van der Waals surface area contributed by atoms with Gasteiger partial charge in [-0.2, -0.15) is 0 Å². The molecule has 8 nitrogen and oxygen atoms in total. The molecule has 0 saturated carbocycles. The normalized spacial score (nSPS) is 14.9. The summed E-state index contributed by atoms with van der Waals surface area (Å²) in [5, 5.41) is 11.4. The van der Waals surface area contributed by atoms with E-state index in [-0.39, 0.29) is 17.3 Å². The smallest absolute Gasteiger partial charge is 0.243 e. The van der Waals surface area contributed by atoms with Gasteiger partial charge in [0, 0.05) is 61.6 Å². The van der Waals surface area contributed by atoms with Crippen LogP contribution in [-0.4, -0.2) is 64.0 Å². The average molecular weight is 446 g/mol. The lowest BCUT2D eigenvalue weighted by atomic mass is 10.1. The van der Waals surface area contributed by atoms with Gasteiger partial charge in [0.2, 0.25) is 11.7 Å². The molecule has 2 aromatic heterocycles. The minimum atomic E-state index is -0.293. The molecule has 0 radical (unpaired) electrons. The SMILES string of the molecule is C=CC(=C)/C=C(\OC)C(=O)c1cc2c(CN3CCN(c4ncccn4)CC3)c(O)ccc2[nH]1. The number of allylic oxidation sites excluding steroid dienone is 4. The summed E-state index contributed by atoms with van der Waals surface area (Å²) in [7, 11) is 1.44. The molecular formula is C25H27N5O3. The summed E-state index contributed by atoms with van der Waals surface area (Å²) in [6.07, 6.45) is 6.60. The lowest BCUT2D eigenvalue weighted by Crippen LogP contribution is -2.46. The zero-order valence-electron chi connectivity index (χ0n) is 18.6. The number of aromatic amines is 1. The van der Waals surface area contributed by atoms with Crippen LogP contribution in [0, 0.1) is 0 Å². The quantitative estimate of drug-likeness (QED) is 0.237. The number of nitrogens with zero attached hydrogens (tertiary/aromatic N) is 4. The fourth-order valence-electron chi connectivity index (χ4n) is 3.90. The number of anilines is 1. The molecule has 4 rings (SSSR count). The van der Waals surface area contributed by atoms with Crippen molar-refractivity contribution < 1.29 is 14.6 Å². The summed E-state index contributed by atoms with van der Waals surface area (Å²) in [6.45, 7) is 11.2. The third-order valence-corrected chi connectivity index (χ3v) is 5.75. The van der Waals surface area contributed by atoms with Gasteiger partial charge < -0.3 is 19.7 Å². The molecule has 0 bridgehead atoms. The van der Waals surface area contributed by atoms with Crippen molar-refractivity contribution in [2.45, 2.75) is 6.54 Å². The minimum absolute atomic E-state index is 0.163. The van der Waals surface area contributed by atoms with E-state index in [1.807, 2.05) is 0 Å². The van der Waals surface area contributed by atoms with Crippen LogP contribution in [0.3, 0.4) is 0 Å². The Morgan fingerprint density at radius 1 is 1.24 bits per heavy atom. The van der Waals surface area contributed by atoms with E-state index in [0.717, 1.165) is 48.6 Å². The van der Waals surface area contributed by atoms with E-state index in [9.17, 15) is 9.90 Å². The molecule has 1 fully saturated rings. The Kier molecular flexibility index (Phi) is 6.55. The van der Waals surface area contributed by atoms with Gasteiger partial charge in [0.05, 0.1) is 12.8 Å². The number of carbonyl (C=O) groups is 1. The van der Waals surface area contributed by atoms with Crippen molar-refractivity contribution in [3.8, 4) is 5.75 Å². The van der Waals surface area contributed by atoms with Crippen LogP contribution in [0.1, 0.15) is 16.1 Å². The van der Waals surface area contributed by atoms with Gasteiger partial charge in [-0.25, -0.2) is 9.97 Å². The zero-order valence-corrected chi connectivity index (χ0v) is 18.6. The molecule has 0 atom stereocenters. The second-order valence-electron chi connectivity index (χ2n) is 7.84. The van der Waals surface area contributed by atoms with E-state index in [4.69, 9.17) is 4.74 Å². The van der Waals surface area contributed by atoms with Gasteiger partial charge in [0.15, 0.2) is 5.76 Å². The maximum Gasteiger partial charge on any atom is 0.243 e. The highest BCUT2D eigenvalue weighted by molar-refractivity contribution is 6.09. The standard InChI is InChI=1S/C25H27N5O3/c1-4-17(2)14-23(33-3)24(32)21-15-18-19(22(31)7-6-20(18)28-21)16-29-10-12-30(13-11-29)25-26-8-5-9-27-25/h4-9,14-15,28,31H,1-2,10-13,16H2,3H3/b23-14-. The third kappa shape index (κ3) is 4.80. The second kappa shape index (κ2) is 9.70. The maximum absolute atomic E-state index is 13.0. The number of H-pyrrole nitrogens is 1. The van der Waals surface area contributed by atoms with Gasteiger partial charge in [-0.05, 0) is 35.9 Å². The molecular weight excluding hydrogens is 418 g/mol. The summed E-state index contributed by atoms with van der Waals surface area (Å²) in [5.74, 6) is 0.809. The van der Waals surface area contributed by atoms with Crippen LogP contribution in [0.2, 0.25) is 0 Å². The molecule has 1 aromatic carbocycles. The topological polar surface area (TPSA) is 94.6 Å². The third-order valence-electron chi connectivity index (χ3n) is 5.75. The Morgan fingerprint density at radius 2 is 1.97 bits per heavy atom. The van der Waals surface area contributed by atoms with Crippen molar-refractivity contribution in [3.05, 3.63) is 84.6 Å². The Hall–Kier alpha value is -3.91. The number of ether oxygens (including phenoxy) is 1. The fourth-order valence-corrected chi connectivity index (χ4v) is 3.90. The van der Waals surface area contributed by atoms with Crippen LogP contribution in [0.25, 0.3) is 10.9 Å². The Morgan fingerprint density at radius 3 is 2.64 bits per heavy atom. The first-order valence-electron chi connectivity index (χ1n) is 10.7. The number of hydrogen-bond acceptors (Lipinski definition) is 7. The largest absolute Gasteiger partial charge is 0.508 e. The summed E-state index contributed by atoms with van der Waals surface area (Å²) < 4.78 is 5.27. The number of Topliss-reactive ketones (excluding diaryl/α,β-unsaturated/α-hetero) is 1. The number of carbonyl (C=O) groups excluding carboxylic acids is 1. The highest BCUT2D eigenvalue weighted by atomic mass is 16.5. The van der Waals surface area contributed by atoms with Crippen LogP contribution >= 0.6 is 0 Å². The summed E-state index contributed by atoms with van der Waals surface area (Å²) in [5.41, 5.74) is 2.52. The monoisotopic (exact) mass is 445 g/mol. The summed E-state index contributed by atoms with van der Waals surface area (Å²) in [4.78, 5) is 29.2. The molecule has 1 aliphatic heterocycles. The van der Waals surface area contributed by atoms with Gasteiger partial charge >= 0.3 is 0 Å². The number of benzene rings is 1. The number of phenolic OH excluding ortho intramolecular Hbond substituents is 1. The fraction of sp³-hybridized carbons (Fsp3) is 0.240. The molecule has 2 N–H and O–H groups in total. The summed E-state index contributed by atoms with van der Waals surface area (Å²) >= 11 is 0. The predicted octanol–water partition coefficient (Wildman–Crippen LogP) is 3.44. The highest BCUT2D eigenvalue weighted by Crippen LogP contribution is 2.30. The molecule has 0 aliphatic carbocycles. The first kappa shape index (κ1) is 22.3. The number of aromatic hydroxyl groups is 1. The Labute approximate surface area is 192 Å². The number of ketones is 1. The maximum atomic E-state index is 13.0. The molecule has 170 valence electrons. The van der Waals surface area contributed by atoms with E-state index in [1.165, 1.54) is 7.11 Å². The van der Waals surface area contributed by atoms with Crippen molar-refractivity contribution in [1.82, 2.24) is 19.9 Å². The van der Waals surface area contributed by atoms with Gasteiger partial charge in [0.1, 0.15) is 5.75 Å². The van der Waals surface area contributed by atoms with Crippen molar-refractivity contribution >= 4 is 22.6 Å². The van der Waals surface area contributed by atoms with E-state index in [2.05, 4.69) is 37.9 Å². The van der Waals surface area contributed by atoms with Crippen LogP contribution in [0.15, 0.2) is 73.3 Å². The van der Waals surface area contributed by atoms with Crippen molar-refractivity contribution in [2.24, 2.45) is 0 Å². The number of hydrogen-bond donors (Lipinski definition) is 2. The number of phenols is 1. The van der Waals surface area contributed by atoms with Gasteiger partial charge in [-0.3, -0.25) is 9.69 Å². The molecule has 3 aromatic rings. The minimum Gasteiger partial charge on any atom is -0.508 e. The molecule has 0 amide bonds. The Balaban J connectivity index is 1.54. The summed E-state index contributed by atoms with van der Waals surface area (Å²) in [6, 6.07) is 7.00. The molecule has 33 heavy (non-hydrogen) atoms. The van der Waals surface area contributed by atoms with Crippen LogP contribution in [0.5, 0.6) is 5.75 Å². The van der Waals surface area contributed by atoms with Gasteiger partial charge in [0.25, 0.3) is 0 Å². The van der Waals surface area contributed by atoms with Crippen molar-refractivity contribution in [1.29, 1.82) is 0 Å². The van der Waals surface area contributed by atoms with E-state index in [1.54, 1.807) is 48.8 Å². The molecule has 3 heterocycles. The lowest BCUT2D eigenvalue weighted by Gasteiger charge is -2.34. The van der Waals surface area contributed by atoms with Gasteiger partial charge in [-0.15, -0.1) is 0 Å². The van der Waals surface area contributed by atoms with Crippen LogP contribution in [-0.2, 0) is 11.3 Å². The van der Waals surface area contributed by atoms with Crippen LogP contribution in [0.4, 0.5) is 5.95 Å². The van der Waals surface area contributed by atoms with Crippen molar-refractivity contribution in [3.63, 3.8) is 0 Å². The zero-order chi connectivity index (χ0) is 23.4. The number of aromatic nitrogens is 3. The molecule has 0 unspecified atom stereocenters. The first-order valence-corrected chi connectivity index (χ1v) is 10.7. The predicted molar refractivity (Wildman–Crippen MR) is 128 cm³/mol. The molecule has 8 heteroatoms. The van der Waals surface area contributed by atoms with Crippen LogP contribution < -0.4 is 4.90 Å². The first-order chi connectivity index (χ1) is 16.0. The molecule has 0 spiro atoms. The van der Waals surface area contributed by atoms with Gasteiger partial charge in [-0.1, -0.05) is 19.2 Å². The Bertz CT molecular complexity index is 1210. The number of methoxy groups -OCH3 is 1. The van der Waals surface area contributed by atoms with E-state index >= 15 is 0 Å². The number of fused-ring (bicyclic) bond motifs is 1. The van der Waals surface area contributed by atoms with Crippen molar-refractivity contribution in [2.75, 3.05) is 38.2 Å². The average Bonchev–Trinajstić information content (AvgIpc) is 3.29. The highest BCUT2D eigenvalue weighted by Gasteiger charge is 2.22. The molecule has 1 saturated heterocycles. The number of piperazine rings is 1. The van der Waals surface area contributed by atoms with E-state index in [0.29, 0.717) is 17.8 Å². The lowest BCUT2D eigenvalue weighted by molar-refractivity contribution is 0.0949.